The molecule has 140 valence electrons. The maximum absolute atomic E-state index is 5.96. The molecule has 0 aromatic heterocycles. The van der Waals surface area contributed by atoms with Gasteiger partial charge in [0.05, 0.1) is 0 Å². The molecule has 0 unspecified atom stereocenters. The third kappa shape index (κ3) is 6.00. The molecule has 5 heteroatoms. The Balaban J connectivity index is 1.37. The average molecular weight is 390 g/mol. The third-order valence-corrected chi connectivity index (χ3v) is 6.12. The van der Waals surface area contributed by atoms with Crippen molar-refractivity contribution in [3.63, 3.8) is 0 Å². The van der Waals surface area contributed by atoms with Gasteiger partial charge in [0.15, 0.2) is 0 Å². The molecule has 0 saturated carbocycles. The van der Waals surface area contributed by atoms with Crippen LogP contribution in [0, 0.1) is 0 Å². The SMILES string of the molecule is NCCN1CCN(CCSCc2ccc(-c3ccc(Cl)cc3)cc2)CC1. The van der Waals surface area contributed by atoms with Crippen LogP contribution >= 0.6 is 23.4 Å². The monoisotopic (exact) mass is 389 g/mol. The van der Waals surface area contributed by atoms with Gasteiger partial charge in [-0.1, -0.05) is 48.0 Å². The molecular weight excluding hydrogens is 362 g/mol. The number of nitrogens with zero attached hydrogens (tertiary/aromatic N) is 2. The van der Waals surface area contributed by atoms with Crippen molar-refractivity contribution < 1.29 is 0 Å². The highest BCUT2D eigenvalue weighted by atomic mass is 35.5. The number of hydrogen-bond acceptors (Lipinski definition) is 4. The molecule has 1 aliphatic heterocycles. The van der Waals surface area contributed by atoms with E-state index in [0.29, 0.717) is 0 Å². The second kappa shape index (κ2) is 10.3. The van der Waals surface area contributed by atoms with Crippen molar-refractivity contribution in [2.45, 2.75) is 5.75 Å². The minimum atomic E-state index is 0.770. The van der Waals surface area contributed by atoms with Crippen LogP contribution in [0.15, 0.2) is 48.5 Å². The highest BCUT2D eigenvalue weighted by Gasteiger charge is 2.15. The van der Waals surface area contributed by atoms with Crippen molar-refractivity contribution in [2.75, 3.05) is 51.6 Å². The second-order valence-corrected chi connectivity index (χ2v) is 8.27. The summed E-state index contributed by atoms with van der Waals surface area (Å²) in [4.78, 5) is 5.04. The number of nitrogens with two attached hydrogens (primary N) is 1. The van der Waals surface area contributed by atoms with E-state index in [-0.39, 0.29) is 0 Å². The molecule has 0 bridgehead atoms. The molecule has 0 radical (unpaired) electrons. The van der Waals surface area contributed by atoms with Gasteiger partial charge in [0.2, 0.25) is 0 Å². The van der Waals surface area contributed by atoms with Crippen LogP contribution in [0.4, 0.5) is 0 Å². The molecule has 3 rings (SSSR count). The van der Waals surface area contributed by atoms with E-state index in [4.69, 9.17) is 17.3 Å². The first kappa shape index (κ1) is 19.7. The van der Waals surface area contributed by atoms with E-state index >= 15 is 0 Å². The quantitative estimate of drug-likeness (QED) is 0.696. The number of piperazine rings is 1. The summed E-state index contributed by atoms with van der Waals surface area (Å²) in [5, 5.41) is 0.780. The van der Waals surface area contributed by atoms with Gasteiger partial charge in [0.1, 0.15) is 0 Å². The molecule has 26 heavy (non-hydrogen) atoms. The number of hydrogen-bond donors (Lipinski definition) is 1. The molecule has 1 fully saturated rings. The van der Waals surface area contributed by atoms with Gasteiger partial charge < -0.3 is 5.73 Å². The lowest BCUT2D eigenvalue weighted by molar-refractivity contribution is 0.141. The van der Waals surface area contributed by atoms with Crippen LogP contribution in [-0.4, -0.2) is 61.4 Å². The van der Waals surface area contributed by atoms with Crippen LogP contribution in [0.25, 0.3) is 11.1 Å². The molecule has 1 aliphatic rings. The summed E-state index contributed by atoms with van der Waals surface area (Å²) in [6.45, 7) is 7.67. The summed E-state index contributed by atoms with van der Waals surface area (Å²) < 4.78 is 0. The summed E-state index contributed by atoms with van der Waals surface area (Å²) in [5.74, 6) is 2.27. The van der Waals surface area contributed by atoms with Crippen LogP contribution in [0.5, 0.6) is 0 Å². The van der Waals surface area contributed by atoms with Crippen molar-refractivity contribution in [1.29, 1.82) is 0 Å². The molecule has 0 spiro atoms. The van der Waals surface area contributed by atoms with Gasteiger partial charge in [0, 0.05) is 62.3 Å². The van der Waals surface area contributed by atoms with Crippen LogP contribution in [0.3, 0.4) is 0 Å². The summed E-state index contributed by atoms with van der Waals surface area (Å²) in [6.07, 6.45) is 0. The van der Waals surface area contributed by atoms with E-state index in [2.05, 4.69) is 46.2 Å². The standard InChI is InChI=1S/C21H28ClN3S/c22-21-7-5-20(6-8-21)19-3-1-18(2-4-19)17-26-16-15-25-13-11-24(10-9-23)12-14-25/h1-8H,9-17,23H2. The number of halogens is 1. The van der Waals surface area contributed by atoms with E-state index in [1.54, 1.807) is 0 Å². The summed E-state index contributed by atoms with van der Waals surface area (Å²) in [6, 6.07) is 16.9. The zero-order valence-electron chi connectivity index (χ0n) is 15.2. The Kier molecular flexibility index (Phi) is 7.84. The van der Waals surface area contributed by atoms with E-state index in [9.17, 15) is 0 Å². The van der Waals surface area contributed by atoms with Crippen LogP contribution in [-0.2, 0) is 5.75 Å². The van der Waals surface area contributed by atoms with Crippen molar-refractivity contribution in [3.8, 4) is 11.1 Å². The average Bonchev–Trinajstić information content (AvgIpc) is 2.68. The van der Waals surface area contributed by atoms with Crippen molar-refractivity contribution in [2.24, 2.45) is 5.73 Å². The lowest BCUT2D eigenvalue weighted by Crippen LogP contribution is -2.48. The zero-order chi connectivity index (χ0) is 18.2. The first-order chi connectivity index (χ1) is 12.7. The third-order valence-electron chi connectivity index (χ3n) is 4.86. The van der Waals surface area contributed by atoms with Crippen LogP contribution < -0.4 is 5.73 Å². The predicted octanol–water partition coefficient (Wildman–Crippen LogP) is 3.82. The molecule has 0 amide bonds. The molecule has 0 atom stereocenters. The summed E-state index contributed by atoms with van der Waals surface area (Å²) >= 11 is 7.98. The van der Waals surface area contributed by atoms with Crippen molar-refractivity contribution in [3.05, 3.63) is 59.1 Å². The highest BCUT2D eigenvalue weighted by molar-refractivity contribution is 7.98. The first-order valence-corrected chi connectivity index (χ1v) is 10.9. The Morgan fingerprint density at radius 1 is 0.808 bits per heavy atom. The van der Waals surface area contributed by atoms with E-state index in [0.717, 1.165) is 37.0 Å². The molecule has 1 heterocycles. The molecule has 2 aromatic carbocycles. The number of benzene rings is 2. The minimum Gasteiger partial charge on any atom is -0.329 e. The van der Waals surface area contributed by atoms with Crippen LogP contribution in [0.2, 0.25) is 5.02 Å². The lowest BCUT2D eigenvalue weighted by atomic mass is 10.0. The van der Waals surface area contributed by atoms with Gasteiger partial charge in [-0.3, -0.25) is 9.80 Å². The Morgan fingerprint density at radius 3 is 1.92 bits per heavy atom. The fraction of sp³-hybridized carbons (Fsp3) is 0.429. The molecule has 3 nitrogen and oxygen atoms in total. The minimum absolute atomic E-state index is 0.770. The Bertz CT molecular complexity index is 652. The van der Waals surface area contributed by atoms with Crippen molar-refractivity contribution in [1.82, 2.24) is 9.80 Å². The Labute approximate surface area is 166 Å². The molecular formula is C21H28ClN3S. The van der Waals surface area contributed by atoms with Gasteiger partial charge >= 0.3 is 0 Å². The van der Waals surface area contributed by atoms with Gasteiger partial charge in [-0.05, 0) is 28.8 Å². The largest absolute Gasteiger partial charge is 0.329 e. The normalized spacial score (nSPS) is 16.1. The Hall–Kier alpha value is -1.04. The van der Waals surface area contributed by atoms with Gasteiger partial charge in [-0.15, -0.1) is 0 Å². The van der Waals surface area contributed by atoms with E-state index in [1.807, 2.05) is 23.9 Å². The molecule has 1 saturated heterocycles. The number of thioether (sulfide) groups is 1. The fourth-order valence-electron chi connectivity index (χ4n) is 3.24. The predicted molar refractivity (Wildman–Crippen MR) is 115 cm³/mol. The highest BCUT2D eigenvalue weighted by Crippen LogP contribution is 2.23. The zero-order valence-corrected chi connectivity index (χ0v) is 16.8. The number of rotatable bonds is 8. The molecule has 2 aromatic rings. The topological polar surface area (TPSA) is 32.5 Å². The van der Waals surface area contributed by atoms with E-state index < -0.39 is 0 Å². The van der Waals surface area contributed by atoms with E-state index in [1.165, 1.54) is 42.1 Å². The van der Waals surface area contributed by atoms with Crippen molar-refractivity contribution >= 4 is 23.4 Å². The summed E-state index contributed by atoms with van der Waals surface area (Å²) in [5.41, 5.74) is 9.47. The van der Waals surface area contributed by atoms with Crippen LogP contribution in [0.1, 0.15) is 5.56 Å². The Morgan fingerprint density at radius 2 is 1.35 bits per heavy atom. The second-order valence-electron chi connectivity index (χ2n) is 6.73. The summed E-state index contributed by atoms with van der Waals surface area (Å²) in [7, 11) is 0. The first-order valence-electron chi connectivity index (χ1n) is 9.32. The lowest BCUT2D eigenvalue weighted by Gasteiger charge is -2.34. The van der Waals surface area contributed by atoms with Gasteiger partial charge in [-0.25, -0.2) is 0 Å². The fourth-order valence-corrected chi connectivity index (χ4v) is 4.32. The maximum atomic E-state index is 5.96. The molecule has 2 N–H and O–H groups in total. The van der Waals surface area contributed by atoms with Gasteiger partial charge in [0.25, 0.3) is 0 Å². The maximum Gasteiger partial charge on any atom is 0.0406 e. The molecule has 0 aliphatic carbocycles. The smallest absolute Gasteiger partial charge is 0.0406 e. The van der Waals surface area contributed by atoms with Gasteiger partial charge in [-0.2, -0.15) is 11.8 Å².